The van der Waals surface area contributed by atoms with Crippen LogP contribution in [-0.4, -0.2) is 37.0 Å². The van der Waals surface area contributed by atoms with Gasteiger partial charge >= 0.3 is 0 Å². The van der Waals surface area contributed by atoms with E-state index in [0.717, 1.165) is 0 Å². The molecule has 2 aliphatic carbocycles. The van der Waals surface area contributed by atoms with Gasteiger partial charge in [0.1, 0.15) is 12.9 Å². The second-order valence-electron chi connectivity index (χ2n) is 5.29. The fraction of sp³-hybridized carbons (Fsp3) is 0.643. The lowest BCUT2D eigenvalue weighted by Crippen LogP contribution is -2.56. The number of ketones is 1. The van der Waals surface area contributed by atoms with Crippen molar-refractivity contribution >= 4 is 5.78 Å². The Balaban J connectivity index is 2.35. The van der Waals surface area contributed by atoms with Crippen molar-refractivity contribution in [2.24, 2.45) is 17.3 Å². The van der Waals surface area contributed by atoms with Crippen molar-refractivity contribution in [3.05, 3.63) is 24.3 Å². The van der Waals surface area contributed by atoms with E-state index in [1.807, 2.05) is 19.1 Å². The SMILES string of the molecule is COCO[C@@H]1C=C[C@H](C)[C@@H]2C=CC(=O)[C@H](O)[C@]12C. The van der Waals surface area contributed by atoms with E-state index in [1.54, 1.807) is 7.11 Å². The first-order valence-electron chi connectivity index (χ1n) is 6.20. The van der Waals surface area contributed by atoms with Gasteiger partial charge < -0.3 is 14.6 Å². The molecule has 100 valence electrons. The largest absolute Gasteiger partial charge is 0.384 e. The van der Waals surface area contributed by atoms with Gasteiger partial charge in [-0.1, -0.05) is 32.1 Å². The maximum absolute atomic E-state index is 11.7. The standard InChI is InChI=1S/C14H20O4/c1-9-4-7-12(18-8-17-3)14(2)10(9)5-6-11(15)13(14)16/h4-7,9-10,12-13,16H,8H2,1-3H3/t9-,10-,12+,13-,14-/m0/s1. The number of rotatable bonds is 3. The van der Waals surface area contributed by atoms with E-state index in [9.17, 15) is 9.90 Å². The van der Waals surface area contributed by atoms with Gasteiger partial charge in [0.15, 0.2) is 5.78 Å². The molecule has 0 amide bonds. The van der Waals surface area contributed by atoms with Crippen molar-refractivity contribution in [3.63, 3.8) is 0 Å². The van der Waals surface area contributed by atoms with Crippen molar-refractivity contribution in [1.29, 1.82) is 0 Å². The van der Waals surface area contributed by atoms with Crippen LogP contribution in [0.15, 0.2) is 24.3 Å². The molecular formula is C14H20O4. The van der Waals surface area contributed by atoms with Crippen LogP contribution in [0.5, 0.6) is 0 Å². The normalized spacial score (nSPS) is 43.0. The van der Waals surface area contributed by atoms with Crippen molar-refractivity contribution in [1.82, 2.24) is 0 Å². The maximum Gasteiger partial charge on any atom is 0.184 e. The minimum absolute atomic E-state index is 0.0945. The lowest BCUT2D eigenvalue weighted by molar-refractivity contribution is -0.162. The third-order valence-electron chi connectivity index (χ3n) is 4.18. The number of carbonyl (C=O) groups excluding carboxylic acids is 1. The van der Waals surface area contributed by atoms with Gasteiger partial charge in [-0.05, 0) is 17.9 Å². The average Bonchev–Trinajstić information content (AvgIpc) is 2.35. The molecule has 4 nitrogen and oxygen atoms in total. The van der Waals surface area contributed by atoms with Crippen LogP contribution in [0, 0.1) is 17.3 Å². The lowest BCUT2D eigenvalue weighted by Gasteiger charge is -2.49. The number of aliphatic hydroxyl groups is 1. The van der Waals surface area contributed by atoms with Crippen molar-refractivity contribution < 1.29 is 19.4 Å². The number of aliphatic hydroxyl groups excluding tert-OH is 1. The minimum atomic E-state index is -1.03. The van der Waals surface area contributed by atoms with Crippen LogP contribution in [0.3, 0.4) is 0 Å². The highest BCUT2D eigenvalue weighted by atomic mass is 16.7. The number of hydrogen-bond acceptors (Lipinski definition) is 4. The Hall–Kier alpha value is -0.970. The Kier molecular flexibility index (Phi) is 3.71. The third-order valence-corrected chi connectivity index (χ3v) is 4.18. The summed E-state index contributed by atoms with van der Waals surface area (Å²) in [4.78, 5) is 11.7. The number of hydrogen-bond donors (Lipinski definition) is 1. The summed E-state index contributed by atoms with van der Waals surface area (Å²) >= 11 is 0. The van der Waals surface area contributed by atoms with Crippen LogP contribution < -0.4 is 0 Å². The molecule has 18 heavy (non-hydrogen) atoms. The molecule has 0 unspecified atom stereocenters. The minimum Gasteiger partial charge on any atom is -0.384 e. The highest BCUT2D eigenvalue weighted by Crippen LogP contribution is 2.48. The summed E-state index contributed by atoms with van der Waals surface area (Å²) in [5, 5.41) is 10.3. The molecule has 0 aromatic heterocycles. The monoisotopic (exact) mass is 252 g/mol. The van der Waals surface area contributed by atoms with Gasteiger partial charge in [0.25, 0.3) is 0 Å². The zero-order chi connectivity index (χ0) is 13.3. The number of methoxy groups -OCH3 is 1. The molecule has 0 aliphatic heterocycles. The molecule has 2 aliphatic rings. The van der Waals surface area contributed by atoms with Crippen molar-refractivity contribution in [3.8, 4) is 0 Å². The van der Waals surface area contributed by atoms with Crippen molar-refractivity contribution in [2.75, 3.05) is 13.9 Å². The fourth-order valence-corrected chi connectivity index (χ4v) is 3.05. The molecule has 0 saturated heterocycles. The maximum atomic E-state index is 11.7. The van der Waals surface area contributed by atoms with E-state index in [4.69, 9.17) is 9.47 Å². The van der Waals surface area contributed by atoms with Gasteiger partial charge in [-0.25, -0.2) is 0 Å². The van der Waals surface area contributed by atoms with Gasteiger partial charge in [-0.15, -0.1) is 0 Å². The smallest absolute Gasteiger partial charge is 0.184 e. The Morgan fingerprint density at radius 2 is 2.11 bits per heavy atom. The number of allylic oxidation sites excluding steroid dienone is 2. The number of fused-ring (bicyclic) bond motifs is 1. The first-order chi connectivity index (χ1) is 8.51. The van der Waals surface area contributed by atoms with Gasteiger partial charge in [-0.2, -0.15) is 0 Å². The molecule has 2 rings (SSSR count). The fourth-order valence-electron chi connectivity index (χ4n) is 3.05. The Labute approximate surface area is 107 Å². The summed E-state index contributed by atoms with van der Waals surface area (Å²) in [6, 6.07) is 0. The van der Waals surface area contributed by atoms with Crippen LogP contribution in [0.25, 0.3) is 0 Å². The highest BCUT2D eigenvalue weighted by molar-refractivity contribution is 5.95. The molecule has 0 heterocycles. The van der Waals surface area contributed by atoms with Gasteiger partial charge in [-0.3, -0.25) is 4.79 Å². The highest BCUT2D eigenvalue weighted by Gasteiger charge is 2.53. The summed E-state index contributed by atoms with van der Waals surface area (Å²) < 4.78 is 10.5. The molecular weight excluding hydrogens is 232 g/mol. The van der Waals surface area contributed by atoms with Gasteiger partial charge in [0.2, 0.25) is 0 Å². The molecule has 4 heteroatoms. The van der Waals surface area contributed by atoms with E-state index < -0.39 is 11.5 Å². The van der Waals surface area contributed by atoms with Crippen LogP contribution in [0.4, 0.5) is 0 Å². The third kappa shape index (κ3) is 1.94. The van der Waals surface area contributed by atoms with E-state index in [1.165, 1.54) is 6.08 Å². The van der Waals surface area contributed by atoms with Crippen LogP contribution in [-0.2, 0) is 14.3 Å². The van der Waals surface area contributed by atoms with Gasteiger partial charge in [0, 0.05) is 12.5 Å². The predicted octanol–water partition coefficient (Wildman–Crippen LogP) is 1.30. The number of ether oxygens (including phenoxy) is 2. The molecule has 1 N–H and O–H groups in total. The summed E-state index contributed by atoms with van der Waals surface area (Å²) in [5.74, 6) is 0.121. The molecule has 5 atom stereocenters. The van der Waals surface area contributed by atoms with E-state index in [0.29, 0.717) is 0 Å². The lowest BCUT2D eigenvalue weighted by atomic mass is 9.58. The second kappa shape index (κ2) is 4.96. The molecule has 0 saturated carbocycles. The molecule has 0 fully saturated rings. The van der Waals surface area contributed by atoms with E-state index >= 15 is 0 Å². The quantitative estimate of drug-likeness (QED) is 0.607. The zero-order valence-corrected chi connectivity index (χ0v) is 11.0. The zero-order valence-electron chi connectivity index (χ0n) is 11.0. The summed E-state index contributed by atoms with van der Waals surface area (Å²) in [6.45, 7) is 4.14. The molecule has 0 radical (unpaired) electrons. The molecule has 0 spiro atoms. The van der Waals surface area contributed by atoms with Crippen molar-refractivity contribution in [2.45, 2.75) is 26.1 Å². The first kappa shape index (κ1) is 13.5. The Morgan fingerprint density at radius 3 is 2.78 bits per heavy atom. The van der Waals surface area contributed by atoms with Crippen LogP contribution in [0.1, 0.15) is 13.8 Å². The molecule has 0 aromatic carbocycles. The predicted molar refractivity (Wildman–Crippen MR) is 66.8 cm³/mol. The summed E-state index contributed by atoms with van der Waals surface area (Å²) in [5.41, 5.74) is -0.626. The number of carbonyl (C=O) groups is 1. The molecule has 0 bridgehead atoms. The van der Waals surface area contributed by atoms with Crippen LogP contribution >= 0.6 is 0 Å². The average molecular weight is 252 g/mol. The summed E-state index contributed by atoms with van der Waals surface area (Å²) in [6.07, 6.45) is 6.03. The summed E-state index contributed by atoms with van der Waals surface area (Å²) in [7, 11) is 1.55. The second-order valence-corrected chi connectivity index (χ2v) is 5.29. The first-order valence-corrected chi connectivity index (χ1v) is 6.20. The molecule has 0 aromatic rings. The Bertz CT molecular complexity index is 387. The topological polar surface area (TPSA) is 55.8 Å². The van der Waals surface area contributed by atoms with E-state index in [-0.39, 0.29) is 30.5 Å². The Morgan fingerprint density at radius 1 is 1.39 bits per heavy atom. The van der Waals surface area contributed by atoms with Crippen LogP contribution in [0.2, 0.25) is 0 Å². The van der Waals surface area contributed by atoms with Gasteiger partial charge in [0.05, 0.1) is 6.10 Å². The van der Waals surface area contributed by atoms with E-state index in [2.05, 4.69) is 13.0 Å².